The molecule has 0 saturated carbocycles. The Bertz CT molecular complexity index is 505. The molecule has 17 heavy (non-hydrogen) atoms. The van der Waals surface area contributed by atoms with E-state index in [4.69, 9.17) is 0 Å². The Morgan fingerprint density at radius 2 is 2.24 bits per heavy atom. The first-order valence-corrected chi connectivity index (χ1v) is 5.70. The number of hydrogen-bond donors (Lipinski definition) is 1. The van der Waals surface area contributed by atoms with Gasteiger partial charge in [-0.25, -0.2) is 4.39 Å². The first-order chi connectivity index (χ1) is 8.19. The molecule has 0 fully saturated rings. The van der Waals surface area contributed by atoms with Crippen molar-refractivity contribution in [3.05, 3.63) is 47.5 Å². The lowest BCUT2D eigenvalue weighted by atomic mass is 10.2. The second-order valence-electron chi connectivity index (χ2n) is 4.02. The number of anilines is 1. The Morgan fingerprint density at radius 3 is 2.88 bits per heavy atom. The Labute approximate surface area is 100 Å². The fraction of sp³-hybridized carbons (Fsp3) is 0.308. The number of nitrogens with zero attached hydrogens (tertiary/aromatic N) is 2. The first-order valence-electron chi connectivity index (χ1n) is 5.70. The van der Waals surface area contributed by atoms with Crippen molar-refractivity contribution in [3.63, 3.8) is 0 Å². The van der Waals surface area contributed by atoms with Crippen molar-refractivity contribution in [2.45, 2.75) is 26.9 Å². The van der Waals surface area contributed by atoms with Crippen LogP contribution in [0.2, 0.25) is 0 Å². The molecule has 2 aromatic rings. The largest absolute Gasteiger partial charge is 0.381 e. The van der Waals surface area contributed by atoms with Crippen LogP contribution in [0.3, 0.4) is 0 Å². The van der Waals surface area contributed by atoms with E-state index < -0.39 is 0 Å². The number of nitrogens with one attached hydrogen (secondary N) is 1. The zero-order valence-corrected chi connectivity index (χ0v) is 10.1. The van der Waals surface area contributed by atoms with Crippen LogP contribution in [0, 0.1) is 12.7 Å². The van der Waals surface area contributed by atoms with Crippen molar-refractivity contribution in [2.75, 3.05) is 5.32 Å². The maximum atomic E-state index is 13.1. The normalized spacial score (nSPS) is 10.5. The van der Waals surface area contributed by atoms with Crippen LogP contribution >= 0.6 is 0 Å². The standard InChI is InChI=1S/C13H16FN3/c1-3-17-9-11(8-16-17)7-15-12-4-5-13(14)10(2)6-12/h4-6,8-9,15H,3,7H2,1-2H3. The van der Waals surface area contributed by atoms with Gasteiger partial charge in [-0.2, -0.15) is 5.10 Å². The predicted molar refractivity (Wildman–Crippen MR) is 66.4 cm³/mol. The molecule has 4 heteroatoms. The van der Waals surface area contributed by atoms with Crippen molar-refractivity contribution in [2.24, 2.45) is 0 Å². The monoisotopic (exact) mass is 233 g/mol. The topological polar surface area (TPSA) is 29.9 Å². The minimum atomic E-state index is -0.172. The molecule has 0 saturated heterocycles. The van der Waals surface area contributed by atoms with Gasteiger partial charge < -0.3 is 5.32 Å². The highest BCUT2D eigenvalue weighted by Crippen LogP contribution is 2.14. The number of aromatic nitrogens is 2. The molecule has 1 aromatic heterocycles. The summed E-state index contributed by atoms with van der Waals surface area (Å²) < 4.78 is 15.0. The van der Waals surface area contributed by atoms with Crippen molar-refractivity contribution in [1.29, 1.82) is 0 Å². The molecule has 0 unspecified atom stereocenters. The third-order valence-electron chi connectivity index (χ3n) is 2.67. The number of rotatable bonds is 4. The van der Waals surface area contributed by atoms with Crippen LogP contribution in [-0.2, 0) is 13.1 Å². The molecular weight excluding hydrogens is 217 g/mol. The molecule has 0 bridgehead atoms. The van der Waals surface area contributed by atoms with E-state index in [1.165, 1.54) is 6.07 Å². The minimum absolute atomic E-state index is 0.172. The summed E-state index contributed by atoms with van der Waals surface area (Å²) in [5.74, 6) is -0.172. The van der Waals surface area contributed by atoms with Crippen molar-refractivity contribution in [3.8, 4) is 0 Å². The van der Waals surface area contributed by atoms with Gasteiger partial charge >= 0.3 is 0 Å². The van der Waals surface area contributed by atoms with Gasteiger partial charge in [0.05, 0.1) is 6.20 Å². The zero-order chi connectivity index (χ0) is 12.3. The average Bonchev–Trinajstić information content (AvgIpc) is 2.79. The quantitative estimate of drug-likeness (QED) is 0.879. The van der Waals surface area contributed by atoms with E-state index in [2.05, 4.69) is 10.4 Å². The lowest BCUT2D eigenvalue weighted by Gasteiger charge is -2.06. The average molecular weight is 233 g/mol. The van der Waals surface area contributed by atoms with E-state index in [9.17, 15) is 4.39 Å². The molecule has 1 heterocycles. The Morgan fingerprint density at radius 1 is 1.41 bits per heavy atom. The maximum Gasteiger partial charge on any atom is 0.126 e. The van der Waals surface area contributed by atoms with Crippen molar-refractivity contribution < 1.29 is 4.39 Å². The number of halogens is 1. The summed E-state index contributed by atoms with van der Waals surface area (Å²) in [6, 6.07) is 5.03. The molecule has 0 aliphatic heterocycles. The SMILES string of the molecule is CCn1cc(CNc2ccc(F)c(C)c2)cn1. The Kier molecular flexibility index (Phi) is 3.42. The maximum absolute atomic E-state index is 13.1. The molecule has 0 atom stereocenters. The van der Waals surface area contributed by atoms with Crippen molar-refractivity contribution in [1.82, 2.24) is 9.78 Å². The summed E-state index contributed by atoms with van der Waals surface area (Å²) in [6.45, 7) is 5.38. The Hall–Kier alpha value is -1.84. The van der Waals surface area contributed by atoms with Gasteiger partial charge in [0, 0.05) is 30.5 Å². The van der Waals surface area contributed by atoms with E-state index in [1.807, 2.05) is 24.0 Å². The van der Waals surface area contributed by atoms with Crippen molar-refractivity contribution >= 4 is 5.69 Å². The summed E-state index contributed by atoms with van der Waals surface area (Å²) in [7, 11) is 0. The third kappa shape index (κ3) is 2.84. The molecule has 0 aliphatic carbocycles. The molecule has 1 N–H and O–H groups in total. The first kappa shape index (κ1) is 11.6. The highest BCUT2D eigenvalue weighted by Gasteiger charge is 2.00. The van der Waals surface area contributed by atoms with Crippen LogP contribution in [0.5, 0.6) is 0 Å². The van der Waals surface area contributed by atoms with Gasteiger partial charge in [0.1, 0.15) is 5.82 Å². The molecule has 0 aliphatic rings. The predicted octanol–water partition coefficient (Wildman–Crippen LogP) is 2.96. The molecule has 0 radical (unpaired) electrons. The molecule has 0 amide bonds. The fourth-order valence-corrected chi connectivity index (χ4v) is 1.63. The van der Waals surface area contributed by atoms with Gasteiger partial charge in [-0.1, -0.05) is 0 Å². The number of aryl methyl sites for hydroxylation is 2. The second kappa shape index (κ2) is 4.99. The highest BCUT2D eigenvalue weighted by atomic mass is 19.1. The lowest BCUT2D eigenvalue weighted by Crippen LogP contribution is -1.99. The summed E-state index contributed by atoms with van der Waals surface area (Å²) in [5.41, 5.74) is 2.70. The van der Waals surface area contributed by atoms with Gasteiger partial charge in [0.2, 0.25) is 0 Å². The highest BCUT2D eigenvalue weighted by molar-refractivity contribution is 5.46. The van der Waals surface area contributed by atoms with Gasteiger partial charge in [-0.05, 0) is 37.6 Å². The zero-order valence-electron chi connectivity index (χ0n) is 10.1. The van der Waals surface area contributed by atoms with E-state index in [0.717, 1.165) is 17.8 Å². The van der Waals surface area contributed by atoms with Gasteiger partial charge in [0.25, 0.3) is 0 Å². The van der Waals surface area contributed by atoms with Crippen LogP contribution < -0.4 is 5.32 Å². The molecule has 2 rings (SSSR count). The van der Waals surface area contributed by atoms with Crippen LogP contribution in [0.4, 0.5) is 10.1 Å². The fourth-order valence-electron chi connectivity index (χ4n) is 1.63. The van der Waals surface area contributed by atoms with Crippen LogP contribution in [0.25, 0.3) is 0 Å². The smallest absolute Gasteiger partial charge is 0.126 e. The minimum Gasteiger partial charge on any atom is -0.381 e. The van der Waals surface area contributed by atoms with Crippen LogP contribution in [0.1, 0.15) is 18.1 Å². The van der Waals surface area contributed by atoms with E-state index in [0.29, 0.717) is 12.1 Å². The summed E-state index contributed by atoms with van der Waals surface area (Å²) in [4.78, 5) is 0. The molecule has 0 spiro atoms. The van der Waals surface area contributed by atoms with Gasteiger partial charge in [0.15, 0.2) is 0 Å². The molecule has 3 nitrogen and oxygen atoms in total. The summed E-state index contributed by atoms with van der Waals surface area (Å²) in [6.07, 6.45) is 3.84. The summed E-state index contributed by atoms with van der Waals surface area (Å²) in [5, 5.41) is 7.44. The van der Waals surface area contributed by atoms with E-state index >= 15 is 0 Å². The van der Waals surface area contributed by atoms with Gasteiger partial charge in [-0.15, -0.1) is 0 Å². The third-order valence-corrected chi connectivity index (χ3v) is 2.67. The lowest BCUT2D eigenvalue weighted by molar-refractivity contribution is 0.618. The Balaban J connectivity index is 1.99. The van der Waals surface area contributed by atoms with Crippen LogP contribution in [0.15, 0.2) is 30.6 Å². The van der Waals surface area contributed by atoms with E-state index in [-0.39, 0.29) is 5.82 Å². The second-order valence-corrected chi connectivity index (χ2v) is 4.02. The number of hydrogen-bond acceptors (Lipinski definition) is 2. The summed E-state index contributed by atoms with van der Waals surface area (Å²) >= 11 is 0. The molecular formula is C13H16FN3. The molecule has 1 aromatic carbocycles. The molecule has 90 valence electrons. The number of benzene rings is 1. The van der Waals surface area contributed by atoms with E-state index in [1.54, 1.807) is 19.1 Å². The van der Waals surface area contributed by atoms with Crippen LogP contribution in [-0.4, -0.2) is 9.78 Å². The van der Waals surface area contributed by atoms with Gasteiger partial charge in [-0.3, -0.25) is 4.68 Å².